The maximum atomic E-state index is 11.9. The van der Waals surface area contributed by atoms with Gasteiger partial charge in [0.2, 0.25) is 0 Å². The molecule has 3 rings (SSSR count). The molecule has 2 aromatic heterocycles. The molecule has 0 atom stereocenters. The Hall–Kier alpha value is -2.67. The van der Waals surface area contributed by atoms with Gasteiger partial charge in [0, 0.05) is 0 Å². The summed E-state index contributed by atoms with van der Waals surface area (Å²) in [7, 11) is 1.55. The molecular formula is C15H12N2O4S. The van der Waals surface area contributed by atoms with Crippen LogP contribution in [-0.4, -0.2) is 23.0 Å². The van der Waals surface area contributed by atoms with Crippen molar-refractivity contribution in [2.45, 2.75) is 6.61 Å². The van der Waals surface area contributed by atoms with E-state index in [1.807, 2.05) is 0 Å². The van der Waals surface area contributed by atoms with Crippen LogP contribution < -0.4 is 10.3 Å². The third-order valence-corrected chi connectivity index (χ3v) is 3.93. The zero-order valence-electron chi connectivity index (χ0n) is 11.7. The maximum Gasteiger partial charge on any atom is 0.338 e. The van der Waals surface area contributed by atoms with Gasteiger partial charge in [-0.15, -0.1) is 11.3 Å². The molecule has 0 spiro atoms. The number of aromatic nitrogens is 2. The lowest BCUT2D eigenvalue weighted by Crippen LogP contribution is -2.13. The number of hydrogen-bond acceptors (Lipinski definition) is 6. The van der Waals surface area contributed by atoms with Gasteiger partial charge in [-0.2, -0.15) is 0 Å². The van der Waals surface area contributed by atoms with Gasteiger partial charge in [0.15, 0.2) is 0 Å². The van der Waals surface area contributed by atoms with Gasteiger partial charge >= 0.3 is 5.97 Å². The summed E-state index contributed by atoms with van der Waals surface area (Å²) in [5, 5.41) is 1.79. The minimum atomic E-state index is -0.490. The number of fused-ring (bicyclic) bond motifs is 1. The van der Waals surface area contributed by atoms with Crippen molar-refractivity contribution in [2.24, 2.45) is 0 Å². The van der Waals surface area contributed by atoms with Crippen LogP contribution >= 0.6 is 11.3 Å². The SMILES string of the molecule is COc1ccc(C(=O)OCc2nc3ccsc3c(=O)[nH]2)cc1. The van der Waals surface area contributed by atoms with Gasteiger partial charge in [-0.3, -0.25) is 4.79 Å². The summed E-state index contributed by atoms with van der Waals surface area (Å²) in [5.41, 5.74) is 0.777. The summed E-state index contributed by atoms with van der Waals surface area (Å²) in [5.74, 6) is 0.485. The summed E-state index contributed by atoms with van der Waals surface area (Å²) in [6.45, 7) is -0.0914. The number of rotatable bonds is 4. The number of carbonyl (C=O) groups is 1. The highest BCUT2D eigenvalue weighted by molar-refractivity contribution is 7.17. The molecule has 0 bridgehead atoms. The molecule has 22 heavy (non-hydrogen) atoms. The van der Waals surface area contributed by atoms with Gasteiger partial charge in [0.05, 0.1) is 18.2 Å². The second kappa shape index (κ2) is 5.98. The number of hydrogen-bond donors (Lipinski definition) is 1. The van der Waals surface area contributed by atoms with Gasteiger partial charge in [0.1, 0.15) is 22.9 Å². The highest BCUT2D eigenvalue weighted by Gasteiger charge is 2.10. The Morgan fingerprint density at radius 1 is 1.27 bits per heavy atom. The summed E-state index contributed by atoms with van der Waals surface area (Å²) >= 11 is 1.32. The molecule has 6 nitrogen and oxygen atoms in total. The smallest absolute Gasteiger partial charge is 0.338 e. The zero-order valence-corrected chi connectivity index (χ0v) is 12.5. The molecule has 3 aromatic rings. The minimum absolute atomic E-state index is 0.0914. The molecule has 1 N–H and O–H groups in total. The normalized spacial score (nSPS) is 10.6. The Bertz CT molecular complexity index is 867. The minimum Gasteiger partial charge on any atom is -0.497 e. The predicted octanol–water partition coefficient (Wildman–Crippen LogP) is 2.35. The van der Waals surface area contributed by atoms with Crippen molar-refractivity contribution in [3.8, 4) is 5.75 Å². The summed E-state index contributed by atoms with van der Waals surface area (Å²) in [6.07, 6.45) is 0. The monoisotopic (exact) mass is 316 g/mol. The van der Waals surface area contributed by atoms with Gasteiger partial charge in [-0.1, -0.05) is 0 Å². The number of methoxy groups -OCH3 is 1. The fourth-order valence-electron chi connectivity index (χ4n) is 1.93. The van der Waals surface area contributed by atoms with Gasteiger partial charge in [-0.25, -0.2) is 9.78 Å². The van der Waals surface area contributed by atoms with E-state index in [1.54, 1.807) is 42.8 Å². The van der Waals surface area contributed by atoms with Crippen LogP contribution in [0.25, 0.3) is 10.2 Å². The van der Waals surface area contributed by atoms with E-state index in [4.69, 9.17) is 9.47 Å². The highest BCUT2D eigenvalue weighted by atomic mass is 32.1. The Morgan fingerprint density at radius 3 is 2.77 bits per heavy atom. The fourth-order valence-corrected chi connectivity index (χ4v) is 2.66. The first-order chi connectivity index (χ1) is 10.7. The second-order valence-corrected chi connectivity index (χ2v) is 5.37. The number of benzene rings is 1. The number of thiophene rings is 1. The van der Waals surface area contributed by atoms with E-state index in [0.717, 1.165) is 0 Å². The molecule has 7 heteroatoms. The third-order valence-electron chi connectivity index (χ3n) is 3.03. The van der Waals surface area contributed by atoms with Crippen LogP contribution in [0.5, 0.6) is 5.75 Å². The van der Waals surface area contributed by atoms with Crippen LogP contribution in [0, 0.1) is 0 Å². The first-order valence-electron chi connectivity index (χ1n) is 6.45. The molecule has 0 aliphatic carbocycles. The van der Waals surface area contributed by atoms with Crippen molar-refractivity contribution in [3.05, 3.63) is 57.5 Å². The van der Waals surface area contributed by atoms with Gasteiger partial charge < -0.3 is 14.5 Å². The van der Waals surface area contributed by atoms with Crippen LogP contribution in [-0.2, 0) is 11.3 Å². The fraction of sp³-hybridized carbons (Fsp3) is 0.133. The van der Waals surface area contributed by atoms with Crippen LogP contribution in [0.3, 0.4) is 0 Å². The number of nitrogens with zero attached hydrogens (tertiary/aromatic N) is 1. The van der Waals surface area contributed by atoms with Crippen molar-refractivity contribution in [2.75, 3.05) is 7.11 Å². The number of nitrogens with one attached hydrogen (secondary N) is 1. The molecule has 2 heterocycles. The van der Waals surface area contributed by atoms with E-state index in [0.29, 0.717) is 27.4 Å². The van der Waals surface area contributed by atoms with E-state index in [9.17, 15) is 9.59 Å². The zero-order chi connectivity index (χ0) is 15.5. The van der Waals surface area contributed by atoms with Gasteiger partial charge in [0.25, 0.3) is 5.56 Å². The van der Waals surface area contributed by atoms with Crippen molar-refractivity contribution in [3.63, 3.8) is 0 Å². The van der Waals surface area contributed by atoms with Crippen molar-refractivity contribution in [1.29, 1.82) is 0 Å². The quantitative estimate of drug-likeness (QED) is 0.747. The Kier molecular flexibility index (Phi) is 3.88. The van der Waals surface area contributed by atoms with E-state index >= 15 is 0 Å². The molecule has 0 unspecified atom stereocenters. The van der Waals surface area contributed by atoms with Gasteiger partial charge in [-0.05, 0) is 35.7 Å². The molecule has 0 saturated carbocycles. The van der Waals surface area contributed by atoms with Crippen LogP contribution in [0.2, 0.25) is 0 Å². The van der Waals surface area contributed by atoms with E-state index in [1.165, 1.54) is 11.3 Å². The third kappa shape index (κ3) is 2.84. The Morgan fingerprint density at radius 2 is 2.05 bits per heavy atom. The number of esters is 1. The number of ether oxygens (including phenoxy) is 2. The summed E-state index contributed by atoms with van der Waals surface area (Å²) in [4.78, 5) is 30.6. The molecule has 0 aliphatic rings. The molecule has 0 radical (unpaired) electrons. The molecule has 112 valence electrons. The lowest BCUT2D eigenvalue weighted by molar-refractivity contribution is 0.0462. The average Bonchev–Trinajstić information content (AvgIpc) is 3.02. The second-order valence-electron chi connectivity index (χ2n) is 4.45. The maximum absolute atomic E-state index is 11.9. The van der Waals surface area contributed by atoms with Crippen molar-refractivity contribution < 1.29 is 14.3 Å². The molecule has 1 aromatic carbocycles. The molecule has 0 amide bonds. The number of aromatic amines is 1. The molecule has 0 aliphatic heterocycles. The molecule has 0 fully saturated rings. The van der Waals surface area contributed by atoms with Crippen LogP contribution in [0.4, 0.5) is 0 Å². The number of carbonyl (C=O) groups excluding carboxylic acids is 1. The lowest BCUT2D eigenvalue weighted by Gasteiger charge is -2.05. The molecule has 0 saturated heterocycles. The topological polar surface area (TPSA) is 81.3 Å². The summed E-state index contributed by atoms with van der Waals surface area (Å²) in [6, 6.07) is 8.32. The first kappa shape index (κ1) is 14.3. The van der Waals surface area contributed by atoms with E-state index in [2.05, 4.69) is 9.97 Å². The van der Waals surface area contributed by atoms with Crippen LogP contribution in [0.15, 0.2) is 40.5 Å². The lowest BCUT2D eigenvalue weighted by atomic mass is 10.2. The summed E-state index contributed by atoms with van der Waals surface area (Å²) < 4.78 is 10.7. The standard InChI is InChI=1S/C15H12N2O4S/c1-20-10-4-2-9(3-5-10)15(19)21-8-12-16-11-6-7-22-13(11)14(18)17-12/h2-7H,8H2,1H3,(H,16,17,18). The van der Waals surface area contributed by atoms with E-state index in [-0.39, 0.29) is 12.2 Å². The van der Waals surface area contributed by atoms with E-state index < -0.39 is 5.97 Å². The van der Waals surface area contributed by atoms with Crippen molar-refractivity contribution in [1.82, 2.24) is 9.97 Å². The number of H-pyrrole nitrogens is 1. The largest absolute Gasteiger partial charge is 0.497 e. The Labute approximate surface area is 129 Å². The average molecular weight is 316 g/mol. The van der Waals surface area contributed by atoms with Crippen molar-refractivity contribution >= 4 is 27.5 Å². The van der Waals surface area contributed by atoms with Crippen LogP contribution in [0.1, 0.15) is 16.2 Å². The molecular weight excluding hydrogens is 304 g/mol. The highest BCUT2D eigenvalue weighted by Crippen LogP contribution is 2.15. The first-order valence-corrected chi connectivity index (χ1v) is 7.33. The predicted molar refractivity (Wildman–Crippen MR) is 82.4 cm³/mol. The Balaban J connectivity index is 1.72.